The molecule has 0 saturated carbocycles. The highest BCUT2D eigenvalue weighted by Crippen LogP contribution is 2.20. The maximum atomic E-state index is 11.8. The molecule has 0 aliphatic rings. The fourth-order valence-electron chi connectivity index (χ4n) is 1.38. The number of anilines is 1. The molecule has 4 nitrogen and oxygen atoms in total. The van der Waals surface area contributed by atoms with Crippen LogP contribution in [0, 0.1) is 12.3 Å². The van der Waals surface area contributed by atoms with Crippen molar-refractivity contribution in [3.63, 3.8) is 0 Å². The quantitative estimate of drug-likeness (QED) is 0.456. The lowest BCUT2D eigenvalue weighted by Gasteiger charge is -2.11. The van der Waals surface area contributed by atoms with Gasteiger partial charge < -0.3 is 5.73 Å². The van der Waals surface area contributed by atoms with Crippen LogP contribution in [0.25, 0.3) is 0 Å². The molecule has 1 atom stereocenters. The number of hydrogen-bond acceptors (Lipinski definition) is 4. The molecular weight excluding hydrogens is 280 g/mol. The lowest BCUT2D eigenvalue weighted by Crippen LogP contribution is -2.35. The van der Waals surface area contributed by atoms with Gasteiger partial charge >= 0.3 is 0 Å². The third kappa shape index (κ3) is 6.01. The van der Waals surface area contributed by atoms with Crippen LogP contribution in [0.15, 0.2) is 29.2 Å². The summed E-state index contributed by atoms with van der Waals surface area (Å²) >= 11 is 1.45. The SMILES string of the molecule is C#CC(CC)NS(=O)(=O)CCSc1cccc(N)c1. The van der Waals surface area contributed by atoms with Crippen LogP contribution in [-0.2, 0) is 10.0 Å². The molecule has 3 N–H and O–H groups in total. The minimum Gasteiger partial charge on any atom is -0.399 e. The van der Waals surface area contributed by atoms with E-state index in [9.17, 15) is 8.42 Å². The average Bonchev–Trinajstić information content (AvgIpc) is 2.36. The zero-order valence-corrected chi connectivity index (χ0v) is 12.4. The van der Waals surface area contributed by atoms with Gasteiger partial charge in [0.2, 0.25) is 10.0 Å². The van der Waals surface area contributed by atoms with Crippen LogP contribution in [0.3, 0.4) is 0 Å². The molecular formula is C13H18N2O2S2. The Hall–Kier alpha value is -1.16. The Labute approximate surface area is 119 Å². The van der Waals surface area contributed by atoms with E-state index >= 15 is 0 Å². The van der Waals surface area contributed by atoms with Crippen molar-refractivity contribution >= 4 is 27.5 Å². The summed E-state index contributed by atoms with van der Waals surface area (Å²) in [6.45, 7) is 1.84. The van der Waals surface area contributed by atoms with Crippen LogP contribution in [0.4, 0.5) is 5.69 Å². The molecule has 0 amide bonds. The molecule has 0 spiro atoms. The van der Waals surface area contributed by atoms with Crippen molar-refractivity contribution in [1.29, 1.82) is 0 Å². The minimum absolute atomic E-state index is 0.0324. The first-order chi connectivity index (χ1) is 8.96. The Morgan fingerprint density at radius 3 is 2.84 bits per heavy atom. The molecule has 0 heterocycles. The summed E-state index contributed by atoms with van der Waals surface area (Å²) in [5.74, 6) is 2.90. The van der Waals surface area contributed by atoms with Gasteiger partial charge in [-0.05, 0) is 24.6 Å². The van der Waals surface area contributed by atoms with Crippen LogP contribution >= 0.6 is 11.8 Å². The van der Waals surface area contributed by atoms with Gasteiger partial charge in [0.25, 0.3) is 0 Å². The minimum atomic E-state index is -3.33. The first-order valence-corrected chi connectivity index (χ1v) is 8.55. The van der Waals surface area contributed by atoms with Crippen molar-refractivity contribution < 1.29 is 8.42 Å². The molecule has 0 aromatic heterocycles. The number of rotatable bonds is 7. The molecule has 0 aliphatic carbocycles. The Kier molecular flexibility index (Phi) is 6.22. The highest BCUT2D eigenvalue weighted by Gasteiger charge is 2.14. The van der Waals surface area contributed by atoms with Crippen LogP contribution in [-0.4, -0.2) is 26.0 Å². The van der Waals surface area contributed by atoms with Crippen molar-refractivity contribution in [2.75, 3.05) is 17.2 Å². The molecule has 1 aromatic carbocycles. The van der Waals surface area contributed by atoms with Gasteiger partial charge in [-0.2, -0.15) is 0 Å². The second-order valence-corrected chi connectivity index (χ2v) is 7.03. The van der Waals surface area contributed by atoms with Crippen molar-refractivity contribution in [1.82, 2.24) is 4.72 Å². The van der Waals surface area contributed by atoms with E-state index in [0.29, 0.717) is 17.9 Å². The maximum Gasteiger partial charge on any atom is 0.213 e. The highest BCUT2D eigenvalue weighted by atomic mass is 32.2. The Morgan fingerprint density at radius 2 is 2.26 bits per heavy atom. The average molecular weight is 298 g/mol. The zero-order valence-electron chi connectivity index (χ0n) is 10.8. The maximum absolute atomic E-state index is 11.8. The van der Waals surface area contributed by atoms with Gasteiger partial charge in [-0.3, -0.25) is 0 Å². The summed E-state index contributed by atoms with van der Waals surface area (Å²) in [6, 6.07) is 6.93. The molecule has 1 aromatic rings. The summed E-state index contributed by atoms with van der Waals surface area (Å²) in [6.07, 6.45) is 5.81. The van der Waals surface area contributed by atoms with Gasteiger partial charge in [0.15, 0.2) is 0 Å². The van der Waals surface area contributed by atoms with E-state index in [4.69, 9.17) is 12.2 Å². The highest BCUT2D eigenvalue weighted by molar-refractivity contribution is 8.00. The molecule has 19 heavy (non-hydrogen) atoms. The molecule has 0 saturated heterocycles. The van der Waals surface area contributed by atoms with Crippen LogP contribution < -0.4 is 10.5 Å². The van der Waals surface area contributed by atoms with E-state index in [-0.39, 0.29) is 5.75 Å². The second-order valence-electron chi connectivity index (χ2n) is 3.99. The van der Waals surface area contributed by atoms with Gasteiger partial charge in [-0.25, -0.2) is 13.1 Å². The smallest absolute Gasteiger partial charge is 0.213 e. The first kappa shape index (κ1) is 15.9. The molecule has 1 rings (SSSR count). The summed E-state index contributed by atoms with van der Waals surface area (Å²) in [7, 11) is -3.33. The number of nitrogens with one attached hydrogen (secondary N) is 1. The zero-order chi connectivity index (χ0) is 14.3. The molecule has 0 radical (unpaired) electrons. The summed E-state index contributed by atoms with van der Waals surface area (Å²) < 4.78 is 26.0. The molecule has 6 heteroatoms. The molecule has 1 unspecified atom stereocenters. The monoisotopic (exact) mass is 298 g/mol. The number of benzene rings is 1. The number of sulfonamides is 1. The Bertz CT molecular complexity index is 550. The largest absolute Gasteiger partial charge is 0.399 e. The predicted octanol–water partition coefficient (Wildman–Crippen LogP) is 1.69. The summed E-state index contributed by atoms with van der Waals surface area (Å²) in [4.78, 5) is 0.958. The molecule has 0 bridgehead atoms. The number of terminal acetylenes is 1. The van der Waals surface area contributed by atoms with Crippen molar-refractivity contribution in [2.45, 2.75) is 24.3 Å². The fraction of sp³-hybridized carbons (Fsp3) is 0.385. The van der Waals surface area contributed by atoms with E-state index < -0.39 is 16.1 Å². The lowest BCUT2D eigenvalue weighted by molar-refractivity contribution is 0.572. The van der Waals surface area contributed by atoms with E-state index in [1.54, 1.807) is 6.07 Å². The number of nitrogens with two attached hydrogens (primary N) is 1. The molecule has 0 aliphatic heterocycles. The van der Waals surface area contributed by atoms with E-state index in [1.807, 2.05) is 25.1 Å². The van der Waals surface area contributed by atoms with Crippen molar-refractivity contribution in [3.05, 3.63) is 24.3 Å². The van der Waals surface area contributed by atoms with E-state index in [2.05, 4.69) is 10.6 Å². The summed E-state index contributed by atoms with van der Waals surface area (Å²) in [5.41, 5.74) is 6.32. The van der Waals surface area contributed by atoms with Gasteiger partial charge in [0.1, 0.15) is 0 Å². The van der Waals surface area contributed by atoms with Crippen molar-refractivity contribution in [2.24, 2.45) is 0 Å². The fourth-order valence-corrected chi connectivity index (χ4v) is 4.01. The van der Waals surface area contributed by atoms with Crippen LogP contribution in [0.2, 0.25) is 0 Å². The molecule has 0 fully saturated rings. The summed E-state index contributed by atoms with van der Waals surface area (Å²) in [5, 5.41) is 0. The standard InChI is InChI=1S/C13H18N2O2S2/c1-3-12(4-2)15-19(16,17)9-8-18-13-7-5-6-11(14)10-13/h1,5-7,10,12,15H,4,8-9,14H2,2H3. The van der Waals surface area contributed by atoms with Gasteiger partial charge in [0, 0.05) is 16.3 Å². The predicted molar refractivity (Wildman–Crippen MR) is 81.4 cm³/mol. The Morgan fingerprint density at radius 1 is 1.53 bits per heavy atom. The number of nitrogen functional groups attached to an aromatic ring is 1. The third-order valence-corrected chi connectivity index (χ3v) is 5.05. The van der Waals surface area contributed by atoms with Gasteiger partial charge in [-0.15, -0.1) is 18.2 Å². The van der Waals surface area contributed by atoms with E-state index in [1.165, 1.54) is 11.8 Å². The Balaban J connectivity index is 2.46. The topological polar surface area (TPSA) is 72.2 Å². The van der Waals surface area contributed by atoms with Crippen LogP contribution in [0.1, 0.15) is 13.3 Å². The molecule has 104 valence electrons. The third-order valence-electron chi connectivity index (χ3n) is 2.41. The first-order valence-electron chi connectivity index (χ1n) is 5.91. The number of hydrogen-bond donors (Lipinski definition) is 2. The van der Waals surface area contributed by atoms with Gasteiger partial charge in [0.05, 0.1) is 11.8 Å². The number of thioether (sulfide) groups is 1. The van der Waals surface area contributed by atoms with Crippen LogP contribution in [0.5, 0.6) is 0 Å². The second kappa shape index (κ2) is 7.43. The normalized spacial score (nSPS) is 12.8. The van der Waals surface area contributed by atoms with Crippen molar-refractivity contribution in [3.8, 4) is 12.3 Å². The van der Waals surface area contributed by atoms with Gasteiger partial charge in [-0.1, -0.05) is 18.9 Å². The lowest BCUT2D eigenvalue weighted by atomic mass is 10.3. The van der Waals surface area contributed by atoms with E-state index in [0.717, 1.165) is 4.90 Å².